The first-order valence-electron chi connectivity index (χ1n) is 14.0. The van der Waals surface area contributed by atoms with Gasteiger partial charge >= 0.3 is 0 Å². The zero-order chi connectivity index (χ0) is 27.7. The molecule has 0 bridgehead atoms. The van der Waals surface area contributed by atoms with Crippen molar-refractivity contribution in [3.63, 3.8) is 0 Å². The molecular formula is C33H38N4O2. The fourth-order valence-corrected chi connectivity index (χ4v) is 5.46. The first kappa shape index (κ1) is 26.7. The molecule has 0 unspecified atom stereocenters. The maximum absolute atomic E-state index is 13.8. The van der Waals surface area contributed by atoms with Crippen LogP contribution in [0.15, 0.2) is 58.4 Å². The third-order valence-corrected chi connectivity index (χ3v) is 7.83. The Morgan fingerprint density at radius 1 is 1.03 bits per heavy atom. The summed E-state index contributed by atoms with van der Waals surface area (Å²) < 4.78 is 7.41. The van der Waals surface area contributed by atoms with Crippen LogP contribution in [-0.2, 0) is 0 Å². The van der Waals surface area contributed by atoms with Gasteiger partial charge in [0.15, 0.2) is 5.82 Å². The van der Waals surface area contributed by atoms with Crippen LogP contribution in [0, 0.1) is 20.8 Å². The predicted molar refractivity (Wildman–Crippen MR) is 162 cm³/mol. The number of aromatic nitrogens is 2. The maximum Gasteiger partial charge on any atom is 0.282 e. The Kier molecular flexibility index (Phi) is 7.56. The first-order valence-corrected chi connectivity index (χ1v) is 14.0. The topological polar surface area (TPSA) is 59.7 Å². The lowest BCUT2D eigenvalue weighted by Crippen LogP contribution is -2.21. The van der Waals surface area contributed by atoms with Crippen LogP contribution in [0.4, 0.5) is 5.69 Å². The van der Waals surface area contributed by atoms with Crippen molar-refractivity contribution >= 4 is 22.8 Å². The van der Waals surface area contributed by atoms with Gasteiger partial charge in [-0.1, -0.05) is 32.0 Å². The number of fused-ring (bicyclic) bond motifs is 1. The highest BCUT2D eigenvalue weighted by Crippen LogP contribution is 2.34. The van der Waals surface area contributed by atoms with Gasteiger partial charge in [0, 0.05) is 24.3 Å². The molecular weight excluding hydrogens is 484 g/mol. The molecule has 0 atom stereocenters. The third-order valence-electron chi connectivity index (χ3n) is 7.83. The number of aryl methyl sites for hydroxylation is 1. The smallest absolute Gasteiger partial charge is 0.282 e. The first-order chi connectivity index (χ1) is 18.8. The summed E-state index contributed by atoms with van der Waals surface area (Å²) in [4.78, 5) is 21.2. The maximum atomic E-state index is 13.8. The van der Waals surface area contributed by atoms with Crippen molar-refractivity contribution in [1.29, 1.82) is 0 Å². The fraction of sp³-hybridized carbons (Fsp3) is 0.364. The van der Waals surface area contributed by atoms with E-state index in [1.165, 1.54) is 34.3 Å². The highest BCUT2D eigenvalue weighted by atomic mass is 16.5. The van der Waals surface area contributed by atoms with Crippen LogP contribution in [0.2, 0.25) is 0 Å². The number of hydrogen-bond donors (Lipinski definition) is 0. The summed E-state index contributed by atoms with van der Waals surface area (Å²) in [6.07, 6.45) is 4.28. The average molecular weight is 523 g/mol. The monoisotopic (exact) mass is 522 g/mol. The van der Waals surface area contributed by atoms with Crippen molar-refractivity contribution in [2.75, 3.05) is 24.6 Å². The molecule has 0 saturated carbocycles. The Morgan fingerprint density at radius 2 is 1.77 bits per heavy atom. The quantitative estimate of drug-likeness (QED) is 0.245. The molecule has 0 amide bonds. The molecule has 1 fully saturated rings. The number of benzene rings is 3. The molecule has 2 heterocycles. The summed E-state index contributed by atoms with van der Waals surface area (Å²) in [6, 6.07) is 15.9. The van der Waals surface area contributed by atoms with E-state index in [-0.39, 0.29) is 11.5 Å². The van der Waals surface area contributed by atoms with Crippen molar-refractivity contribution in [2.24, 2.45) is 5.10 Å². The summed E-state index contributed by atoms with van der Waals surface area (Å²) in [5.41, 5.74) is 8.13. The van der Waals surface area contributed by atoms with E-state index in [2.05, 4.69) is 50.8 Å². The molecule has 1 aromatic heterocycles. The summed E-state index contributed by atoms with van der Waals surface area (Å²) in [5.74, 6) is 1.64. The van der Waals surface area contributed by atoms with Crippen LogP contribution in [-0.4, -0.2) is 35.6 Å². The van der Waals surface area contributed by atoms with E-state index in [1.807, 2.05) is 44.2 Å². The SMILES string of the molecule is CCOc1cc(C)c(-c2nc3ccccc3c(=O)n2N=Cc2ccc(N3CCCC3)c(C)c2C)cc1C(C)C. The lowest BCUT2D eigenvalue weighted by Gasteiger charge is -2.22. The molecule has 1 aliphatic rings. The third kappa shape index (κ3) is 5.08. The van der Waals surface area contributed by atoms with E-state index in [1.54, 1.807) is 6.21 Å². The van der Waals surface area contributed by atoms with Gasteiger partial charge in [-0.25, -0.2) is 4.98 Å². The molecule has 1 aliphatic heterocycles. The minimum absolute atomic E-state index is 0.186. The van der Waals surface area contributed by atoms with E-state index in [4.69, 9.17) is 14.8 Å². The van der Waals surface area contributed by atoms with Crippen molar-refractivity contribution in [1.82, 2.24) is 9.66 Å². The second kappa shape index (κ2) is 11.0. The van der Waals surface area contributed by atoms with Gasteiger partial charge in [-0.05, 0) is 105 Å². The van der Waals surface area contributed by atoms with Crippen LogP contribution >= 0.6 is 0 Å². The molecule has 4 aromatic rings. The fourth-order valence-electron chi connectivity index (χ4n) is 5.46. The Labute approximate surface area is 231 Å². The molecule has 0 radical (unpaired) electrons. The minimum Gasteiger partial charge on any atom is -0.494 e. The van der Waals surface area contributed by atoms with Gasteiger partial charge in [-0.2, -0.15) is 9.78 Å². The summed E-state index contributed by atoms with van der Waals surface area (Å²) in [5, 5.41) is 5.32. The Hall–Kier alpha value is -3.93. The van der Waals surface area contributed by atoms with Gasteiger partial charge in [0.25, 0.3) is 5.56 Å². The zero-order valence-corrected chi connectivity index (χ0v) is 23.9. The summed E-state index contributed by atoms with van der Waals surface area (Å²) in [6.45, 7) is 15.4. The number of para-hydroxylation sites is 1. The molecule has 1 saturated heterocycles. The number of hydrogen-bond acceptors (Lipinski definition) is 5. The van der Waals surface area contributed by atoms with Crippen molar-refractivity contribution in [3.05, 3.63) is 86.7 Å². The van der Waals surface area contributed by atoms with Crippen molar-refractivity contribution < 1.29 is 4.74 Å². The number of ether oxygens (including phenoxy) is 1. The Balaban J connectivity index is 1.67. The van der Waals surface area contributed by atoms with E-state index < -0.39 is 0 Å². The van der Waals surface area contributed by atoms with Crippen molar-refractivity contribution in [2.45, 2.75) is 60.3 Å². The Bertz CT molecular complexity index is 1610. The van der Waals surface area contributed by atoms with Crippen molar-refractivity contribution in [3.8, 4) is 17.1 Å². The number of nitrogens with zero attached hydrogens (tertiary/aromatic N) is 4. The van der Waals surface area contributed by atoms with Crippen LogP contribution in [0.25, 0.3) is 22.3 Å². The van der Waals surface area contributed by atoms with Crippen LogP contribution in [0.1, 0.15) is 67.3 Å². The highest BCUT2D eigenvalue weighted by Gasteiger charge is 2.19. The van der Waals surface area contributed by atoms with Gasteiger partial charge in [-0.15, -0.1) is 0 Å². The van der Waals surface area contributed by atoms with Gasteiger partial charge in [0.05, 0.1) is 23.7 Å². The predicted octanol–water partition coefficient (Wildman–Crippen LogP) is 6.99. The lowest BCUT2D eigenvalue weighted by molar-refractivity contribution is 0.335. The lowest BCUT2D eigenvalue weighted by atomic mass is 9.96. The second-order valence-corrected chi connectivity index (χ2v) is 10.7. The number of anilines is 1. The standard InChI is InChI=1S/C33H38N4O2/c1-7-39-31-18-22(4)28(19-27(31)21(2)3)32-35-29-13-9-8-12-26(29)33(38)37(32)34-20-25-14-15-30(24(6)23(25)5)36-16-10-11-17-36/h8-9,12-15,18-21H,7,10-11,16-17H2,1-6H3. The van der Waals surface area contributed by atoms with Gasteiger partial charge in [0.1, 0.15) is 5.75 Å². The van der Waals surface area contributed by atoms with Crippen LogP contribution < -0.4 is 15.2 Å². The van der Waals surface area contributed by atoms with Crippen LogP contribution in [0.5, 0.6) is 5.75 Å². The van der Waals surface area contributed by atoms with Gasteiger partial charge in [0.2, 0.25) is 0 Å². The minimum atomic E-state index is -0.186. The molecule has 0 N–H and O–H groups in total. The highest BCUT2D eigenvalue weighted by molar-refractivity contribution is 5.85. The molecule has 6 heteroatoms. The Morgan fingerprint density at radius 3 is 2.49 bits per heavy atom. The molecule has 202 valence electrons. The molecule has 0 aliphatic carbocycles. The number of rotatable bonds is 7. The molecule has 39 heavy (non-hydrogen) atoms. The molecule has 5 rings (SSSR count). The normalized spacial score (nSPS) is 13.8. The summed E-state index contributed by atoms with van der Waals surface area (Å²) in [7, 11) is 0. The van der Waals surface area contributed by atoms with Gasteiger partial charge in [-0.3, -0.25) is 4.79 Å². The van der Waals surface area contributed by atoms with E-state index in [0.29, 0.717) is 23.3 Å². The average Bonchev–Trinajstić information content (AvgIpc) is 3.45. The van der Waals surface area contributed by atoms with E-state index in [0.717, 1.165) is 41.1 Å². The molecule has 0 spiro atoms. The largest absolute Gasteiger partial charge is 0.494 e. The van der Waals surface area contributed by atoms with Crippen LogP contribution in [0.3, 0.4) is 0 Å². The summed E-state index contributed by atoms with van der Waals surface area (Å²) >= 11 is 0. The zero-order valence-electron chi connectivity index (χ0n) is 23.9. The second-order valence-electron chi connectivity index (χ2n) is 10.7. The van der Waals surface area contributed by atoms with E-state index >= 15 is 0 Å². The van der Waals surface area contributed by atoms with E-state index in [9.17, 15) is 4.79 Å². The molecule has 3 aromatic carbocycles. The molecule has 6 nitrogen and oxygen atoms in total. The van der Waals surface area contributed by atoms with Gasteiger partial charge < -0.3 is 9.64 Å².